The van der Waals surface area contributed by atoms with Crippen molar-refractivity contribution in [2.45, 2.75) is 51.4 Å². The van der Waals surface area contributed by atoms with Crippen molar-refractivity contribution in [3.63, 3.8) is 0 Å². The molecule has 3 aliphatic heterocycles. The zero-order valence-electron chi connectivity index (χ0n) is 20.4. The van der Waals surface area contributed by atoms with E-state index in [1.165, 1.54) is 0 Å². The fourth-order valence-electron chi connectivity index (χ4n) is 5.34. The number of ether oxygens (including phenoxy) is 3. The molecule has 2 fully saturated rings. The molecule has 0 unspecified atom stereocenters. The Morgan fingerprint density at radius 3 is 2.54 bits per heavy atom. The lowest BCUT2D eigenvalue weighted by atomic mass is 9.99. The van der Waals surface area contributed by atoms with Gasteiger partial charge in [0.05, 0.1) is 18.4 Å². The first-order valence-corrected chi connectivity index (χ1v) is 12.4. The molecule has 35 heavy (non-hydrogen) atoms. The summed E-state index contributed by atoms with van der Waals surface area (Å²) in [6.45, 7) is 5.27. The summed E-state index contributed by atoms with van der Waals surface area (Å²) in [6, 6.07) is 11.5. The van der Waals surface area contributed by atoms with Gasteiger partial charge in [-0.3, -0.25) is 9.69 Å². The summed E-state index contributed by atoms with van der Waals surface area (Å²) in [5.41, 5.74) is 3.32. The van der Waals surface area contributed by atoms with Crippen LogP contribution in [0.3, 0.4) is 0 Å². The highest BCUT2D eigenvalue weighted by Crippen LogP contribution is 2.35. The second-order valence-electron chi connectivity index (χ2n) is 9.41. The molecule has 8 nitrogen and oxygen atoms in total. The van der Waals surface area contributed by atoms with Crippen LogP contribution in [0.15, 0.2) is 36.4 Å². The Kier molecular flexibility index (Phi) is 6.81. The summed E-state index contributed by atoms with van der Waals surface area (Å²) < 4.78 is 17.3. The molecule has 0 aliphatic carbocycles. The minimum Gasteiger partial charge on any atom is -0.495 e. The van der Waals surface area contributed by atoms with Gasteiger partial charge in [0.1, 0.15) is 24.2 Å². The topological polar surface area (TPSA) is 80.3 Å². The second kappa shape index (κ2) is 10.2. The van der Waals surface area contributed by atoms with Gasteiger partial charge in [0, 0.05) is 30.3 Å². The maximum Gasteiger partial charge on any atom is 0.414 e. The van der Waals surface area contributed by atoms with Crippen LogP contribution < -0.4 is 19.7 Å². The average molecular weight is 480 g/mol. The number of benzene rings is 2. The predicted octanol–water partition coefficient (Wildman–Crippen LogP) is 3.90. The number of methoxy groups -OCH3 is 1. The average Bonchev–Trinajstić information content (AvgIpc) is 2.90. The molecule has 0 radical (unpaired) electrons. The highest BCUT2D eigenvalue weighted by atomic mass is 16.6. The minimum absolute atomic E-state index is 0.00242. The number of nitrogens with one attached hydrogen (secondary N) is 1. The molecule has 186 valence electrons. The number of rotatable bonds is 5. The lowest BCUT2D eigenvalue weighted by molar-refractivity contribution is 0.0705. The number of amides is 2. The molecule has 2 saturated heterocycles. The van der Waals surface area contributed by atoms with Gasteiger partial charge in [-0.25, -0.2) is 4.79 Å². The largest absolute Gasteiger partial charge is 0.495 e. The van der Waals surface area contributed by atoms with Crippen molar-refractivity contribution in [3.05, 3.63) is 53.1 Å². The third-order valence-electron chi connectivity index (χ3n) is 7.29. The molecule has 8 heteroatoms. The second-order valence-corrected chi connectivity index (χ2v) is 9.41. The number of carbonyl (C=O) groups is 2. The van der Waals surface area contributed by atoms with Gasteiger partial charge in [0.15, 0.2) is 0 Å². The van der Waals surface area contributed by atoms with E-state index in [0.29, 0.717) is 43.9 Å². The van der Waals surface area contributed by atoms with Gasteiger partial charge in [0.25, 0.3) is 5.91 Å². The summed E-state index contributed by atoms with van der Waals surface area (Å²) in [4.78, 5) is 29.7. The van der Waals surface area contributed by atoms with E-state index in [-0.39, 0.29) is 24.1 Å². The molecule has 5 rings (SSSR count). The van der Waals surface area contributed by atoms with Crippen molar-refractivity contribution < 1.29 is 23.8 Å². The SMILES string of the molecule is COc1c(C(=O)N2CCC(N3C(=O)OCc4ccccc43)CC2)ccc(OC2CCNCC2)c1C. The zero-order valence-corrected chi connectivity index (χ0v) is 20.4. The fraction of sp³-hybridized carbons (Fsp3) is 0.481. The molecule has 2 aromatic carbocycles. The number of piperidine rings is 2. The van der Waals surface area contributed by atoms with Crippen LogP contribution in [-0.2, 0) is 11.3 Å². The van der Waals surface area contributed by atoms with Crippen LogP contribution >= 0.6 is 0 Å². The van der Waals surface area contributed by atoms with Crippen molar-refractivity contribution in [1.29, 1.82) is 0 Å². The summed E-state index contributed by atoms with van der Waals surface area (Å²) in [6.07, 6.45) is 3.17. The van der Waals surface area contributed by atoms with Crippen molar-refractivity contribution in [2.75, 3.05) is 38.2 Å². The number of fused-ring (bicyclic) bond motifs is 1. The Labute approximate surface area is 206 Å². The zero-order chi connectivity index (χ0) is 24.4. The van der Waals surface area contributed by atoms with E-state index in [1.54, 1.807) is 12.0 Å². The number of likely N-dealkylation sites (tertiary alicyclic amines) is 1. The van der Waals surface area contributed by atoms with E-state index in [1.807, 2.05) is 48.2 Å². The molecule has 3 heterocycles. The maximum atomic E-state index is 13.5. The van der Waals surface area contributed by atoms with Gasteiger partial charge < -0.3 is 24.4 Å². The normalized spacial score (nSPS) is 19.2. The Bertz CT molecular complexity index is 1090. The van der Waals surface area contributed by atoms with Crippen LogP contribution in [0.5, 0.6) is 11.5 Å². The van der Waals surface area contributed by atoms with Gasteiger partial charge in [0.2, 0.25) is 0 Å². The first-order chi connectivity index (χ1) is 17.1. The van der Waals surface area contributed by atoms with Crippen molar-refractivity contribution in [1.82, 2.24) is 10.2 Å². The van der Waals surface area contributed by atoms with Crippen LogP contribution in [0.4, 0.5) is 10.5 Å². The molecule has 1 N–H and O–H groups in total. The Balaban J connectivity index is 1.28. The number of para-hydroxylation sites is 1. The highest BCUT2D eigenvalue weighted by molar-refractivity contribution is 5.98. The van der Waals surface area contributed by atoms with Crippen LogP contribution in [0, 0.1) is 6.92 Å². The van der Waals surface area contributed by atoms with E-state index >= 15 is 0 Å². The third kappa shape index (κ3) is 4.67. The van der Waals surface area contributed by atoms with E-state index in [4.69, 9.17) is 14.2 Å². The van der Waals surface area contributed by atoms with Gasteiger partial charge >= 0.3 is 6.09 Å². The van der Waals surface area contributed by atoms with Gasteiger partial charge in [-0.05, 0) is 63.9 Å². The quantitative estimate of drug-likeness (QED) is 0.701. The number of hydrogen-bond acceptors (Lipinski definition) is 6. The number of nitrogens with zero attached hydrogens (tertiary/aromatic N) is 2. The van der Waals surface area contributed by atoms with Gasteiger partial charge in [-0.2, -0.15) is 0 Å². The molecule has 0 bridgehead atoms. The molecule has 2 aromatic rings. The molecular formula is C27H33N3O5. The number of carbonyl (C=O) groups excluding carboxylic acids is 2. The maximum absolute atomic E-state index is 13.5. The fourth-order valence-corrected chi connectivity index (χ4v) is 5.34. The van der Waals surface area contributed by atoms with Crippen LogP contribution in [0.1, 0.15) is 47.2 Å². The Morgan fingerprint density at radius 2 is 1.80 bits per heavy atom. The molecule has 3 aliphatic rings. The van der Waals surface area contributed by atoms with E-state index in [0.717, 1.165) is 48.5 Å². The third-order valence-corrected chi connectivity index (χ3v) is 7.29. The molecule has 2 amide bonds. The van der Waals surface area contributed by atoms with Crippen LogP contribution in [-0.4, -0.2) is 62.3 Å². The Hall–Kier alpha value is -3.26. The summed E-state index contributed by atoms with van der Waals surface area (Å²) in [5, 5.41) is 3.35. The van der Waals surface area contributed by atoms with E-state index < -0.39 is 0 Å². The monoisotopic (exact) mass is 479 g/mol. The standard InChI is InChI=1S/C27H33N3O5/c1-18-24(35-21-9-13-28-14-10-21)8-7-22(25(18)33-2)26(31)29-15-11-20(12-16-29)30-23-6-4-3-5-19(23)17-34-27(30)32/h3-8,20-21,28H,9-17H2,1-2H3. The number of anilines is 1. The summed E-state index contributed by atoms with van der Waals surface area (Å²) >= 11 is 0. The smallest absolute Gasteiger partial charge is 0.414 e. The highest BCUT2D eigenvalue weighted by Gasteiger charge is 2.35. The minimum atomic E-state index is -0.310. The van der Waals surface area contributed by atoms with Gasteiger partial charge in [-0.15, -0.1) is 0 Å². The first-order valence-electron chi connectivity index (χ1n) is 12.4. The van der Waals surface area contributed by atoms with Crippen molar-refractivity contribution in [3.8, 4) is 11.5 Å². The molecule has 0 aromatic heterocycles. The lowest BCUT2D eigenvalue weighted by Crippen LogP contribution is -2.50. The first kappa shape index (κ1) is 23.5. The molecule has 0 spiro atoms. The number of hydrogen-bond donors (Lipinski definition) is 1. The van der Waals surface area contributed by atoms with E-state index in [9.17, 15) is 9.59 Å². The lowest BCUT2D eigenvalue weighted by Gasteiger charge is -2.40. The van der Waals surface area contributed by atoms with Crippen molar-refractivity contribution in [2.24, 2.45) is 0 Å². The number of cyclic esters (lactones) is 1. The van der Waals surface area contributed by atoms with E-state index in [2.05, 4.69) is 5.32 Å². The van der Waals surface area contributed by atoms with Crippen LogP contribution in [0.2, 0.25) is 0 Å². The Morgan fingerprint density at radius 1 is 1.06 bits per heavy atom. The summed E-state index contributed by atoms with van der Waals surface area (Å²) in [5.74, 6) is 1.28. The van der Waals surface area contributed by atoms with Crippen molar-refractivity contribution >= 4 is 17.7 Å². The molecule has 0 atom stereocenters. The van der Waals surface area contributed by atoms with Crippen LogP contribution in [0.25, 0.3) is 0 Å². The summed E-state index contributed by atoms with van der Waals surface area (Å²) in [7, 11) is 1.60. The molecule has 0 saturated carbocycles. The van der Waals surface area contributed by atoms with Gasteiger partial charge in [-0.1, -0.05) is 18.2 Å². The molecular weight excluding hydrogens is 446 g/mol. The predicted molar refractivity (Wildman–Crippen MR) is 132 cm³/mol.